The number of benzene rings is 1. The van der Waals surface area contributed by atoms with Crippen LogP contribution in [-0.2, 0) is 19.0 Å². The summed E-state index contributed by atoms with van der Waals surface area (Å²) < 4.78 is 62.7. The Morgan fingerprint density at radius 3 is 2.29 bits per heavy atom. The zero-order chi connectivity index (χ0) is 13.3. The molecule has 0 bridgehead atoms. The van der Waals surface area contributed by atoms with Crippen LogP contribution in [0.25, 0.3) is 0 Å². The first-order chi connectivity index (χ1) is 7.68. The molecule has 0 aliphatic rings. The van der Waals surface area contributed by atoms with Gasteiger partial charge in [0.05, 0.1) is 14.6 Å². The fourth-order valence-corrected chi connectivity index (χ4v) is 4.79. The predicted molar refractivity (Wildman–Crippen MR) is 60.5 cm³/mol. The van der Waals surface area contributed by atoms with Crippen LogP contribution >= 0.6 is 10.7 Å². The average Bonchev–Trinajstić information content (AvgIpc) is 2.14. The van der Waals surface area contributed by atoms with E-state index in [1.165, 1.54) is 6.92 Å². The van der Waals surface area contributed by atoms with E-state index in [-0.39, 0.29) is 5.75 Å². The van der Waals surface area contributed by atoms with E-state index in [0.717, 1.165) is 12.1 Å². The monoisotopic (exact) mass is 303 g/mol. The molecule has 0 radical (unpaired) electrons. The number of hydrogen-bond donors (Lipinski definition) is 0. The van der Waals surface area contributed by atoms with Gasteiger partial charge in [0, 0.05) is 22.5 Å². The molecule has 0 aliphatic heterocycles. The van der Waals surface area contributed by atoms with Crippen LogP contribution in [0.5, 0.6) is 0 Å². The van der Waals surface area contributed by atoms with E-state index < -0.39 is 35.5 Å². The molecule has 1 atom stereocenters. The molecular formula is C8H8ClF2NO3S2. The summed E-state index contributed by atoms with van der Waals surface area (Å²) >= 11 is 0. The normalized spacial score (nSPS) is 15.3. The summed E-state index contributed by atoms with van der Waals surface area (Å²) in [6.45, 7) is 1.36. The summed E-state index contributed by atoms with van der Waals surface area (Å²) in [5.41, 5.74) is 0. The van der Waals surface area contributed by atoms with E-state index in [1.807, 2.05) is 0 Å². The van der Waals surface area contributed by atoms with Gasteiger partial charge < -0.3 is 0 Å². The maximum absolute atomic E-state index is 13.4. The maximum atomic E-state index is 13.4. The van der Waals surface area contributed by atoms with Crippen LogP contribution in [0.2, 0.25) is 0 Å². The molecule has 0 fully saturated rings. The van der Waals surface area contributed by atoms with Gasteiger partial charge in [-0.1, -0.05) is 10.7 Å². The Hall–Kier alpha value is -0.730. The third-order valence-electron chi connectivity index (χ3n) is 1.84. The highest BCUT2D eigenvalue weighted by Crippen LogP contribution is 2.21. The van der Waals surface area contributed by atoms with Crippen LogP contribution in [0.15, 0.2) is 26.9 Å². The third-order valence-corrected chi connectivity index (χ3v) is 5.82. The molecule has 0 aliphatic carbocycles. The zero-order valence-electron chi connectivity index (χ0n) is 8.56. The van der Waals surface area contributed by atoms with Crippen molar-refractivity contribution >= 4 is 29.6 Å². The molecule has 1 unspecified atom stereocenters. The third kappa shape index (κ3) is 3.62. The van der Waals surface area contributed by atoms with E-state index in [2.05, 4.69) is 3.77 Å². The van der Waals surface area contributed by atoms with Gasteiger partial charge >= 0.3 is 9.24 Å². The number of halogens is 3. The predicted octanol–water partition coefficient (Wildman–Crippen LogP) is 2.30. The molecule has 1 aromatic rings. The van der Waals surface area contributed by atoms with E-state index in [0.29, 0.717) is 6.07 Å². The lowest BCUT2D eigenvalue weighted by Crippen LogP contribution is -2.08. The summed E-state index contributed by atoms with van der Waals surface area (Å²) in [4.78, 5) is -0.481. The smallest absolute Gasteiger partial charge is 0.244 e. The van der Waals surface area contributed by atoms with Crippen LogP contribution < -0.4 is 0 Å². The van der Waals surface area contributed by atoms with Crippen molar-refractivity contribution in [2.75, 3.05) is 5.75 Å². The van der Waals surface area contributed by atoms with E-state index in [4.69, 9.17) is 10.7 Å². The Bertz CT molecular complexity index is 651. The minimum Gasteiger partial charge on any atom is -0.244 e. The second-order valence-electron chi connectivity index (χ2n) is 2.99. The topological polar surface area (TPSA) is 63.6 Å². The first-order valence-corrected chi connectivity index (χ1v) is 8.29. The van der Waals surface area contributed by atoms with Gasteiger partial charge in [-0.15, -0.1) is 0 Å². The lowest BCUT2D eigenvalue weighted by molar-refractivity contribution is 0.561. The highest BCUT2D eigenvalue weighted by atomic mass is 35.7. The van der Waals surface area contributed by atoms with E-state index in [9.17, 15) is 21.4 Å². The molecule has 0 saturated carbocycles. The van der Waals surface area contributed by atoms with Gasteiger partial charge in [0.1, 0.15) is 11.6 Å². The minimum absolute atomic E-state index is 0.262. The Morgan fingerprint density at radius 2 is 1.88 bits per heavy atom. The van der Waals surface area contributed by atoms with Crippen molar-refractivity contribution in [3.05, 3.63) is 29.8 Å². The summed E-state index contributed by atoms with van der Waals surface area (Å²) in [5, 5.41) is 0. The van der Waals surface area contributed by atoms with Crippen molar-refractivity contribution in [3.8, 4) is 0 Å². The van der Waals surface area contributed by atoms with Crippen molar-refractivity contribution < 1.29 is 21.4 Å². The summed E-state index contributed by atoms with van der Waals surface area (Å²) in [7, 11) is -3.10. The Balaban J connectivity index is 3.58. The van der Waals surface area contributed by atoms with Crippen molar-refractivity contribution in [1.29, 1.82) is 0 Å². The first-order valence-electron chi connectivity index (χ1n) is 4.34. The van der Waals surface area contributed by atoms with Gasteiger partial charge in [0.15, 0.2) is 0 Å². The van der Waals surface area contributed by atoms with Crippen molar-refractivity contribution in [2.45, 2.75) is 11.8 Å². The van der Waals surface area contributed by atoms with Crippen LogP contribution in [0, 0.1) is 11.6 Å². The highest BCUT2D eigenvalue weighted by molar-refractivity contribution is 8.17. The quantitative estimate of drug-likeness (QED) is 0.805. The minimum atomic E-state index is -4.41. The highest BCUT2D eigenvalue weighted by Gasteiger charge is 2.19. The van der Waals surface area contributed by atoms with Crippen LogP contribution in [0.4, 0.5) is 8.78 Å². The summed E-state index contributed by atoms with van der Waals surface area (Å²) in [5.74, 6) is -2.25. The van der Waals surface area contributed by atoms with Crippen LogP contribution in [0.3, 0.4) is 0 Å². The molecule has 0 heterocycles. The van der Waals surface area contributed by atoms with Gasteiger partial charge in [-0.3, -0.25) is 0 Å². The van der Waals surface area contributed by atoms with Gasteiger partial charge in [0.2, 0.25) is 0 Å². The SMILES string of the molecule is CCS(=O)(=NS(=O)(=O)Cl)c1ccc(F)cc1F. The number of hydrogen-bond acceptors (Lipinski definition) is 3. The summed E-state index contributed by atoms with van der Waals surface area (Å²) in [6, 6.07) is 2.26. The molecule has 0 aromatic heterocycles. The molecule has 4 nitrogen and oxygen atoms in total. The Morgan fingerprint density at radius 1 is 1.29 bits per heavy atom. The lowest BCUT2D eigenvalue weighted by atomic mass is 10.3. The van der Waals surface area contributed by atoms with Gasteiger partial charge in [-0.05, 0) is 12.1 Å². The van der Waals surface area contributed by atoms with Crippen LogP contribution in [0.1, 0.15) is 6.92 Å². The Labute approximate surface area is 102 Å². The largest absolute Gasteiger partial charge is 0.347 e. The molecule has 0 N–H and O–H groups in total. The first kappa shape index (κ1) is 14.3. The molecule has 0 amide bonds. The fraction of sp³-hybridized carbons (Fsp3) is 0.250. The maximum Gasteiger partial charge on any atom is 0.347 e. The number of nitrogens with zero attached hydrogens (tertiary/aromatic N) is 1. The fourth-order valence-electron chi connectivity index (χ4n) is 1.13. The van der Waals surface area contributed by atoms with Gasteiger partial charge in [-0.25, -0.2) is 13.0 Å². The average molecular weight is 304 g/mol. The summed E-state index contributed by atoms with van der Waals surface area (Å²) in [6.07, 6.45) is 0. The van der Waals surface area contributed by atoms with E-state index in [1.54, 1.807) is 0 Å². The van der Waals surface area contributed by atoms with Gasteiger partial charge in [0.25, 0.3) is 0 Å². The molecule has 1 aromatic carbocycles. The van der Waals surface area contributed by atoms with Crippen molar-refractivity contribution in [3.63, 3.8) is 0 Å². The molecule has 1 rings (SSSR count). The molecule has 96 valence electrons. The number of rotatable bonds is 3. The van der Waals surface area contributed by atoms with Crippen molar-refractivity contribution in [1.82, 2.24) is 0 Å². The Kier molecular flexibility index (Phi) is 4.11. The second-order valence-corrected chi connectivity index (χ2v) is 7.88. The lowest BCUT2D eigenvalue weighted by Gasteiger charge is -2.07. The van der Waals surface area contributed by atoms with Crippen molar-refractivity contribution in [2.24, 2.45) is 3.77 Å². The zero-order valence-corrected chi connectivity index (χ0v) is 11.0. The molecular weight excluding hydrogens is 296 g/mol. The molecule has 0 spiro atoms. The molecule has 17 heavy (non-hydrogen) atoms. The standard InChI is InChI=1S/C8H8ClF2NO3S2/c1-2-16(13,12-17(9,14)15)8-4-3-6(10)5-7(8)11/h3-5H,2H2,1H3. The van der Waals surface area contributed by atoms with Crippen LogP contribution in [-0.4, -0.2) is 18.4 Å². The molecule has 9 heteroatoms. The second kappa shape index (κ2) is 4.87. The van der Waals surface area contributed by atoms with E-state index >= 15 is 0 Å². The molecule has 0 saturated heterocycles. The van der Waals surface area contributed by atoms with Gasteiger partial charge in [-0.2, -0.15) is 8.42 Å².